The number of hydrogen-bond acceptors (Lipinski definition) is 3. The number of aryl methyl sites for hydroxylation is 3. The van der Waals surface area contributed by atoms with Crippen LogP contribution in [0.2, 0.25) is 5.02 Å². The Labute approximate surface area is 177 Å². The van der Waals surface area contributed by atoms with E-state index in [9.17, 15) is 10.1 Å². The van der Waals surface area contributed by atoms with Crippen molar-refractivity contribution in [3.8, 4) is 6.07 Å². The summed E-state index contributed by atoms with van der Waals surface area (Å²) in [6, 6.07) is 14.0. The number of nitrogens with one attached hydrogen (secondary N) is 2. The molecule has 2 aromatic carbocycles. The molecule has 1 aliphatic carbocycles. The van der Waals surface area contributed by atoms with E-state index in [1.807, 2.05) is 19.1 Å². The van der Waals surface area contributed by atoms with Gasteiger partial charge in [-0.25, -0.2) is 0 Å². The Morgan fingerprint density at radius 2 is 1.97 bits per heavy atom. The molecule has 1 atom stereocenters. The summed E-state index contributed by atoms with van der Waals surface area (Å²) in [5, 5.41) is 16.0. The Morgan fingerprint density at radius 1 is 1.21 bits per heavy atom. The zero-order chi connectivity index (χ0) is 20.8. The van der Waals surface area contributed by atoms with Crippen LogP contribution in [0.15, 0.2) is 48.2 Å². The topological polar surface area (TPSA) is 64.9 Å². The van der Waals surface area contributed by atoms with Gasteiger partial charge in [-0.3, -0.25) is 4.79 Å². The van der Waals surface area contributed by atoms with Gasteiger partial charge in [-0.2, -0.15) is 5.26 Å². The lowest BCUT2D eigenvalue weighted by molar-refractivity contribution is -0.112. The van der Waals surface area contributed by atoms with E-state index in [-0.39, 0.29) is 11.6 Å². The minimum Gasteiger partial charge on any atom is -0.383 e. The van der Waals surface area contributed by atoms with Gasteiger partial charge in [0, 0.05) is 16.9 Å². The molecule has 0 radical (unpaired) electrons. The summed E-state index contributed by atoms with van der Waals surface area (Å²) in [4.78, 5) is 12.6. The van der Waals surface area contributed by atoms with Gasteiger partial charge in [-0.05, 0) is 73.4 Å². The molecule has 1 amide bonds. The van der Waals surface area contributed by atoms with Crippen LogP contribution < -0.4 is 10.6 Å². The number of anilines is 1. The third kappa shape index (κ3) is 5.19. The third-order valence-electron chi connectivity index (χ3n) is 5.42. The van der Waals surface area contributed by atoms with Crippen LogP contribution in [0.5, 0.6) is 0 Å². The van der Waals surface area contributed by atoms with Crippen LogP contribution in [0.25, 0.3) is 0 Å². The maximum Gasteiger partial charge on any atom is 0.267 e. The van der Waals surface area contributed by atoms with E-state index < -0.39 is 5.91 Å². The van der Waals surface area contributed by atoms with Gasteiger partial charge in [0.2, 0.25) is 0 Å². The molecule has 0 aromatic heterocycles. The molecule has 0 heterocycles. The molecule has 0 saturated heterocycles. The smallest absolute Gasteiger partial charge is 0.267 e. The van der Waals surface area contributed by atoms with Crippen LogP contribution >= 0.6 is 11.6 Å². The summed E-state index contributed by atoms with van der Waals surface area (Å²) in [5.41, 5.74) is 5.57. The summed E-state index contributed by atoms with van der Waals surface area (Å²) in [7, 11) is 0. The van der Waals surface area contributed by atoms with Crippen molar-refractivity contribution < 1.29 is 4.79 Å². The van der Waals surface area contributed by atoms with Gasteiger partial charge < -0.3 is 10.6 Å². The number of amides is 1. The minimum absolute atomic E-state index is 0.0285. The monoisotopic (exact) mass is 407 g/mol. The van der Waals surface area contributed by atoms with Crippen LogP contribution in [-0.4, -0.2) is 5.91 Å². The van der Waals surface area contributed by atoms with Crippen molar-refractivity contribution in [2.45, 2.75) is 52.0 Å². The van der Waals surface area contributed by atoms with Crippen molar-refractivity contribution in [3.05, 3.63) is 75.4 Å². The number of rotatable bonds is 6. The molecule has 0 saturated carbocycles. The van der Waals surface area contributed by atoms with Gasteiger partial charge in [0.15, 0.2) is 0 Å². The second-order valence-corrected chi connectivity index (χ2v) is 7.88. The number of nitrogens with zero attached hydrogens (tertiary/aromatic N) is 1. The van der Waals surface area contributed by atoms with Crippen molar-refractivity contribution >= 4 is 23.2 Å². The van der Waals surface area contributed by atoms with Gasteiger partial charge in [0.1, 0.15) is 11.6 Å². The predicted molar refractivity (Wildman–Crippen MR) is 118 cm³/mol. The quantitative estimate of drug-likeness (QED) is 0.482. The van der Waals surface area contributed by atoms with Gasteiger partial charge in [-0.1, -0.05) is 42.8 Å². The molecule has 1 aliphatic rings. The first-order valence-corrected chi connectivity index (χ1v) is 10.4. The molecule has 29 heavy (non-hydrogen) atoms. The highest BCUT2D eigenvalue weighted by atomic mass is 35.5. The zero-order valence-electron chi connectivity index (χ0n) is 16.9. The average Bonchev–Trinajstić information content (AvgIpc) is 2.73. The van der Waals surface area contributed by atoms with E-state index >= 15 is 0 Å². The fraction of sp³-hybridized carbons (Fsp3) is 0.333. The largest absolute Gasteiger partial charge is 0.383 e. The van der Waals surface area contributed by atoms with Crippen molar-refractivity contribution in [1.82, 2.24) is 5.32 Å². The maximum atomic E-state index is 12.6. The fourth-order valence-electron chi connectivity index (χ4n) is 3.67. The lowest BCUT2D eigenvalue weighted by atomic mass is 9.89. The number of nitriles is 1. The lowest BCUT2D eigenvalue weighted by Gasteiger charge is -2.21. The molecule has 2 N–H and O–H groups in total. The summed E-state index contributed by atoms with van der Waals surface area (Å²) in [5.74, 6) is -0.453. The van der Waals surface area contributed by atoms with Crippen molar-refractivity contribution in [3.63, 3.8) is 0 Å². The number of fused-ring (bicyclic) bond motifs is 1. The molecule has 4 nitrogen and oxygen atoms in total. The fourth-order valence-corrected chi connectivity index (χ4v) is 3.84. The Bertz CT molecular complexity index is 975. The highest BCUT2D eigenvalue weighted by Gasteiger charge is 2.15. The first kappa shape index (κ1) is 21.0. The van der Waals surface area contributed by atoms with Crippen LogP contribution in [-0.2, 0) is 17.6 Å². The highest BCUT2D eigenvalue weighted by Crippen LogP contribution is 2.26. The zero-order valence-corrected chi connectivity index (χ0v) is 17.6. The SMILES string of the molecule is CCC(N/C=C(/C#N)C(=O)Nc1cc(Cl)ccc1C)c1ccc2c(c1)CCCC2. The average molecular weight is 408 g/mol. The van der Waals surface area contributed by atoms with Crippen LogP contribution in [0.3, 0.4) is 0 Å². The van der Waals surface area contributed by atoms with Crippen LogP contribution in [0.1, 0.15) is 54.5 Å². The molecule has 1 unspecified atom stereocenters. The molecule has 150 valence electrons. The lowest BCUT2D eigenvalue weighted by Crippen LogP contribution is -2.20. The molecule has 3 rings (SSSR count). The van der Waals surface area contributed by atoms with E-state index in [0.29, 0.717) is 10.7 Å². The predicted octanol–water partition coefficient (Wildman–Crippen LogP) is 5.61. The van der Waals surface area contributed by atoms with Crippen molar-refractivity contribution in [1.29, 1.82) is 5.26 Å². The van der Waals surface area contributed by atoms with E-state index in [0.717, 1.165) is 24.8 Å². The third-order valence-corrected chi connectivity index (χ3v) is 5.66. The molecule has 0 fully saturated rings. The first-order chi connectivity index (χ1) is 14.0. The molecule has 5 heteroatoms. The van der Waals surface area contributed by atoms with Crippen LogP contribution in [0, 0.1) is 18.3 Å². The summed E-state index contributed by atoms with van der Waals surface area (Å²) >= 11 is 6.01. The summed E-state index contributed by atoms with van der Waals surface area (Å²) < 4.78 is 0. The van der Waals surface area contributed by atoms with Crippen LogP contribution in [0.4, 0.5) is 5.69 Å². The van der Waals surface area contributed by atoms with E-state index in [4.69, 9.17) is 11.6 Å². The summed E-state index contributed by atoms with van der Waals surface area (Å²) in [6.07, 6.45) is 7.15. The number of benzene rings is 2. The Hall–Kier alpha value is -2.77. The highest BCUT2D eigenvalue weighted by molar-refractivity contribution is 6.31. The number of hydrogen-bond donors (Lipinski definition) is 2. The van der Waals surface area contributed by atoms with Crippen molar-refractivity contribution in [2.24, 2.45) is 0 Å². The number of carbonyl (C=O) groups is 1. The van der Waals surface area contributed by atoms with Gasteiger partial charge in [0.05, 0.1) is 6.04 Å². The Morgan fingerprint density at radius 3 is 2.69 bits per heavy atom. The molecule has 2 aromatic rings. The maximum absolute atomic E-state index is 12.6. The Kier molecular flexibility index (Phi) is 6.95. The standard InChI is InChI=1S/C24H26ClN3O/c1-3-22(19-10-9-17-6-4-5-7-18(17)12-19)27-15-20(14-26)24(29)28-23-13-21(25)11-8-16(23)2/h8-13,15,22,27H,3-7H2,1-2H3,(H,28,29)/b20-15-. The van der Waals surface area contributed by atoms with Gasteiger partial charge in [-0.15, -0.1) is 0 Å². The number of halogens is 1. The summed E-state index contributed by atoms with van der Waals surface area (Å²) in [6.45, 7) is 3.97. The second kappa shape index (κ2) is 9.62. The molecule has 0 bridgehead atoms. The molecular formula is C24H26ClN3O. The Balaban J connectivity index is 1.73. The minimum atomic E-state index is -0.453. The van der Waals surface area contributed by atoms with Crippen molar-refractivity contribution in [2.75, 3.05) is 5.32 Å². The van der Waals surface area contributed by atoms with E-state index in [1.54, 1.807) is 12.1 Å². The second-order valence-electron chi connectivity index (χ2n) is 7.45. The van der Waals surface area contributed by atoms with Gasteiger partial charge in [0.25, 0.3) is 5.91 Å². The first-order valence-electron chi connectivity index (χ1n) is 10.1. The molecule has 0 spiro atoms. The normalized spacial score (nSPS) is 14.5. The van der Waals surface area contributed by atoms with E-state index in [1.165, 1.54) is 35.7 Å². The molecule has 0 aliphatic heterocycles. The molecular weight excluding hydrogens is 382 g/mol. The van der Waals surface area contributed by atoms with E-state index in [2.05, 4.69) is 35.8 Å². The van der Waals surface area contributed by atoms with Gasteiger partial charge >= 0.3 is 0 Å². The number of carbonyl (C=O) groups excluding carboxylic acids is 1.